The van der Waals surface area contributed by atoms with Crippen molar-refractivity contribution in [1.82, 2.24) is 0 Å². The average Bonchev–Trinajstić information content (AvgIpc) is 1.61. The molecule has 1 heteroatoms. The molecule has 0 aromatic heterocycles. The molecule has 34 valence electrons. The molecule has 0 spiro atoms. The first-order chi connectivity index (χ1) is 2.91. The summed E-state index contributed by atoms with van der Waals surface area (Å²) in [5.74, 6) is 2.16. The van der Waals surface area contributed by atoms with Gasteiger partial charge in [-0.1, -0.05) is 0 Å². The second-order valence-corrected chi connectivity index (χ2v) is 2.36. The molecule has 0 nitrogen and oxygen atoms in total. The predicted octanol–water partition coefficient (Wildman–Crippen LogP) is 1.44. The van der Waals surface area contributed by atoms with Crippen LogP contribution in [0.5, 0.6) is 0 Å². The van der Waals surface area contributed by atoms with E-state index in [9.17, 15) is 0 Å². The minimum atomic E-state index is 0.675. The number of hydrogen-bond donors (Lipinski definition) is 0. The molecule has 0 saturated carbocycles. The van der Waals surface area contributed by atoms with Gasteiger partial charge < -0.3 is 0 Å². The van der Waals surface area contributed by atoms with Gasteiger partial charge in [0.25, 0.3) is 0 Å². The molecule has 0 aromatic carbocycles. The molecule has 0 aliphatic carbocycles. The van der Waals surface area contributed by atoms with Crippen LogP contribution >= 0.6 is 0 Å². The Morgan fingerprint density at radius 2 is 2.33 bits per heavy atom. The molecule has 0 aromatic rings. The van der Waals surface area contributed by atoms with E-state index in [0.29, 0.717) is 15.0 Å². The summed E-state index contributed by atoms with van der Waals surface area (Å²) in [6, 6.07) is 0. The summed E-state index contributed by atoms with van der Waals surface area (Å²) in [5, 5.41) is 0. The van der Waals surface area contributed by atoms with Crippen molar-refractivity contribution in [1.29, 1.82) is 0 Å². The summed E-state index contributed by atoms with van der Waals surface area (Å²) in [7, 11) is 0. The molecule has 0 heterocycles. The summed E-state index contributed by atoms with van der Waals surface area (Å²) < 4.78 is 0. The molecule has 0 unspecified atom stereocenters. The summed E-state index contributed by atoms with van der Waals surface area (Å²) in [5.41, 5.74) is 0. The SMILES string of the molecule is C=C/C=C\[Se]C. The fourth-order valence-electron chi connectivity index (χ4n) is 0.134. The molecule has 0 radical (unpaired) electrons. The Morgan fingerprint density at radius 3 is 2.50 bits per heavy atom. The fraction of sp³-hybridized carbons (Fsp3) is 0.200. The van der Waals surface area contributed by atoms with Crippen molar-refractivity contribution < 1.29 is 0 Å². The van der Waals surface area contributed by atoms with E-state index >= 15 is 0 Å². The third-order valence-electron chi connectivity index (χ3n) is 0.351. The molecule has 0 atom stereocenters. The summed E-state index contributed by atoms with van der Waals surface area (Å²) >= 11 is 0.675. The Morgan fingerprint density at radius 1 is 1.67 bits per heavy atom. The molecule has 0 bridgehead atoms. The Balaban J connectivity index is 2.94. The molecular weight excluding hydrogens is 139 g/mol. The second-order valence-electron chi connectivity index (χ2n) is 0.800. The molecule has 0 amide bonds. The van der Waals surface area contributed by atoms with Gasteiger partial charge in [-0.3, -0.25) is 0 Å². The molecule has 6 heavy (non-hydrogen) atoms. The first-order valence-electron chi connectivity index (χ1n) is 1.72. The predicted molar refractivity (Wildman–Crippen MR) is 31.0 cm³/mol. The normalized spacial score (nSPS) is 9.50. The molecule has 0 N–H and O–H groups in total. The van der Waals surface area contributed by atoms with Crippen LogP contribution in [0.25, 0.3) is 0 Å². The van der Waals surface area contributed by atoms with Crippen LogP contribution in [-0.2, 0) is 0 Å². The van der Waals surface area contributed by atoms with Crippen molar-refractivity contribution in [2.45, 2.75) is 5.82 Å². The van der Waals surface area contributed by atoms with Gasteiger partial charge in [0.05, 0.1) is 0 Å². The molecule has 0 aliphatic heterocycles. The number of hydrogen-bond acceptors (Lipinski definition) is 0. The molecule has 0 rings (SSSR count). The molecule has 0 aliphatic rings. The van der Waals surface area contributed by atoms with Gasteiger partial charge in [-0.05, 0) is 0 Å². The van der Waals surface area contributed by atoms with Crippen molar-refractivity contribution in [3.8, 4) is 0 Å². The monoisotopic (exact) mass is 148 g/mol. The van der Waals surface area contributed by atoms with E-state index in [0.717, 1.165) is 0 Å². The van der Waals surface area contributed by atoms with Gasteiger partial charge >= 0.3 is 44.5 Å². The first-order valence-corrected chi connectivity index (χ1v) is 4.42. The summed E-state index contributed by atoms with van der Waals surface area (Å²) in [4.78, 5) is 2.12. The molecule has 0 saturated heterocycles. The van der Waals surface area contributed by atoms with E-state index in [1.807, 2.05) is 6.08 Å². The van der Waals surface area contributed by atoms with E-state index in [-0.39, 0.29) is 0 Å². The topological polar surface area (TPSA) is 0 Å². The summed E-state index contributed by atoms with van der Waals surface area (Å²) in [6.07, 6.45) is 3.77. The number of allylic oxidation sites excluding steroid dienone is 2. The van der Waals surface area contributed by atoms with Crippen LogP contribution < -0.4 is 0 Å². The van der Waals surface area contributed by atoms with Crippen molar-refractivity contribution in [3.05, 3.63) is 23.7 Å². The quantitative estimate of drug-likeness (QED) is 0.409. The van der Waals surface area contributed by atoms with Gasteiger partial charge in [0.2, 0.25) is 0 Å². The maximum atomic E-state index is 3.52. The Hall–Kier alpha value is -0.000519. The van der Waals surface area contributed by atoms with Crippen LogP contribution in [0.1, 0.15) is 0 Å². The Bertz CT molecular complexity index is 55.0. The fourth-order valence-corrected chi connectivity index (χ4v) is 0.697. The minimum absolute atomic E-state index is 0.675. The third kappa shape index (κ3) is 4.00. The zero-order valence-electron chi connectivity index (χ0n) is 3.85. The van der Waals surface area contributed by atoms with Gasteiger partial charge in [-0.25, -0.2) is 0 Å². The van der Waals surface area contributed by atoms with E-state index in [4.69, 9.17) is 0 Å². The van der Waals surface area contributed by atoms with E-state index in [2.05, 4.69) is 17.4 Å². The molecular formula is C5H8Se. The van der Waals surface area contributed by atoms with E-state index in [1.165, 1.54) is 0 Å². The van der Waals surface area contributed by atoms with Crippen LogP contribution in [0.4, 0.5) is 0 Å². The number of rotatable bonds is 2. The standard InChI is InChI=1S/C5H8Se/c1-3-4-5-6-2/h3-5H,1H2,2H3/b5-4-. The van der Waals surface area contributed by atoms with Gasteiger partial charge in [0.15, 0.2) is 0 Å². The van der Waals surface area contributed by atoms with E-state index in [1.54, 1.807) is 6.08 Å². The van der Waals surface area contributed by atoms with Gasteiger partial charge in [0.1, 0.15) is 0 Å². The molecule has 0 fully saturated rings. The van der Waals surface area contributed by atoms with Crippen LogP contribution in [0.3, 0.4) is 0 Å². The Kier molecular flexibility index (Phi) is 5.00. The van der Waals surface area contributed by atoms with Crippen LogP contribution in [0.2, 0.25) is 5.82 Å². The first kappa shape index (κ1) is 6.00. The zero-order valence-corrected chi connectivity index (χ0v) is 5.56. The van der Waals surface area contributed by atoms with Gasteiger partial charge in [-0.2, -0.15) is 0 Å². The second kappa shape index (κ2) is 5.00. The van der Waals surface area contributed by atoms with Gasteiger partial charge in [-0.15, -0.1) is 0 Å². The summed E-state index contributed by atoms with van der Waals surface area (Å²) in [6.45, 7) is 3.52. The van der Waals surface area contributed by atoms with Crippen molar-refractivity contribution in [2.75, 3.05) is 0 Å². The van der Waals surface area contributed by atoms with Crippen LogP contribution in [0.15, 0.2) is 23.7 Å². The third-order valence-corrected chi connectivity index (χ3v) is 1.25. The maximum absolute atomic E-state index is 3.52. The Labute approximate surface area is 45.1 Å². The van der Waals surface area contributed by atoms with Crippen LogP contribution in [-0.4, -0.2) is 15.0 Å². The van der Waals surface area contributed by atoms with E-state index < -0.39 is 0 Å². The average molecular weight is 147 g/mol. The van der Waals surface area contributed by atoms with Gasteiger partial charge in [0, 0.05) is 0 Å². The van der Waals surface area contributed by atoms with Crippen molar-refractivity contribution >= 4 is 15.0 Å². The van der Waals surface area contributed by atoms with Crippen molar-refractivity contribution in [2.24, 2.45) is 0 Å². The van der Waals surface area contributed by atoms with Crippen LogP contribution in [0, 0.1) is 0 Å². The zero-order chi connectivity index (χ0) is 4.83. The van der Waals surface area contributed by atoms with Crippen molar-refractivity contribution in [3.63, 3.8) is 0 Å².